The lowest BCUT2D eigenvalue weighted by molar-refractivity contribution is 0.0993. The highest BCUT2D eigenvalue weighted by Gasteiger charge is 2.20. The first-order valence-corrected chi connectivity index (χ1v) is 9.20. The van der Waals surface area contributed by atoms with Crippen LogP contribution in [-0.2, 0) is 0 Å². The summed E-state index contributed by atoms with van der Waals surface area (Å²) in [6, 6.07) is 13.5. The second-order valence-corrected chi connectivity index (χ2v) is 7.42. The molecule has 0 spiro atoms. The maximum atomic E-state index is 12.8. The van der Waals surface area contributed by atoms with Crippen molar-refractivity contribution in [3.63, 3.8) is 0 Å². The van der Waals surface area contributed by atoms with Gasteiger partial charge in [0.1, 0.15) is 12.1 Å². The van der Waals surface area contributed by atoms with Crippen LogP contribution in [0.2, 0.25) is 0 Å². The van der Waals surface area contributed by atoms with Gasteiger partial charge in [0.2, 0.25) is 0 Å². The van der Waals surface area contributed by atoms with E-state index in [4.69, 9.17) is 4.74 Å². The topological polar surface area (TPSA) is 57.0 Å². The molecular weight excluding hydrogens is 346 g/mol. The van der Waals surface area contributed by atoms with Crippen molar-refractivity contribution in [2.45, 2.75) is 31.2 Å². The van der Waals surface area contributed by atoms with Crippen LogP contribution in [-0.4, -0.2) is 32.9 Å². The number of ether oxygens (including phenoxy) is 1. The van der Waals surface area contributed by atoms with Crippen molar-refractivity contribution in [2.75, 3.05) is 7.11 Å². The first-order valence-electron chi connectivity index (χ1n) is 8.32. The summed E-state index contributed by atoms with van der Waals surface area (Å²) in [5.74, 6) is 0.838. The first kappa shape index (κ1) is 18.2. The van der Waals surface area contributed by atoms with Gasteiger partial charge in [-0.25, -0.2) is 0 Å². The molecule has 2 aromatic carbocycles. The predicted molar refractivity (Wildman–Crippen MR) is 103 cm³/mol. The van der Waals surface area contributed by atoms with Crippen molar-refractivity contribution in [3.05, 3.63) is 65.5 Å². The van der Waals surface area contributed by atoms with Crippen LogP contribution in [0, 0.1) is 13.8 Å². The number of thioether (sulfide) groups is 1. The maximum absolute atomic E-state index is 12.8. The van der Waals surface area contributed by atoms with Crippen molar-refractivity contribution < 1.29 is 9.53 Å². The Balaban J connectivity index is 1.82. The van der Waals surface area contributed by atoms with E-state index in [0.717, 1.165) is 22.6 Å². The minimum atomic E-state index is -0.273. The molecule has 1 heterocycles. The number of carbonyl (C=O) groups is 1. The molecule has 0 aliphatic carbocycles. The van der Waals surface area contributed by atoms with E-state index in [-0.39, 0.29) is 11.0 Å². The van der Waals surface area contributed by atoms with Crippen LogP contribution in [0.1, 0.15) is 28.4 Å². The summed E-state index contributed by atoms with van der Waals surface area (Å²) >= 11 is 1.40. The average Bonchev–Trinajstić information content (AvgIpc) is 3.11. The van der Waals surface area contributed by atoms with Crippen LogP contribution in [0.15, 0.2) is 53.9 Å². The van der Waals surface area contributed by atoms with E-state index >= 15 is 0 Å². The lowest BCUT2D eigenvalue weighted by Crippen LogP contribution is -2.14. The first-order chi connectivity index (χ1) is 12.5. The van der Waals surface area contributed by atoms with E-state index in [1.54, 1.807) is 13.4 Å². The van der Waals surface area contributed by atoms with Crippen molar-refractivity contribution in [2.24, 2.45) is 0 Å². The molecule has 3 rings (SSSR count). The van der Waals surface area contributed by atoms with Crippen LogP contribution < -0.4 is 4.74 Å². The van der Waals surface area contributed by atoms with Crippen LogP contribution in [0.3, 0.4) is 0 Å². The highest BCUT2D eigenvalue weighted by Crippen LogP contribution is 2.27. The number of hydrogen-bond donors (Lipinski definition) is 0. The Bertz CT molecular complexity index is 936. The minimum absolute atomic E-state index is 0.0818. The summed E-state index contributed by atoms with van der Waals surface area (Å²) in [6.07, 6.45) is 1.64. The number of ketones is 1. The lowest BCUT2D eigenvalue weighted by atomic mass is 10.0. The van der Waals surface area contributed by atoms with Crippen molar-refractivity contribution in [1.29, 1.82) is 0 Å². The third kappa shape index (κ3) is 3.80. The highest BCUT2D eigenvalue weighted by molar-refractivity contribution is 8.00. The van der Waals surface area contributed by atoms with Gasteiger partial charge in [0.15, 0.2) is 10.9 Å². The Morgan fingerprint density at radius 1 is 1.15 bits per heavy atom. The van der Waals surface area contributed by atoms with Gasteiger partial charge in [0.25, 0.3) is 0 Å². The molecule has 0 bridgehead atoms. The fourth-order valence-electron chi connectivity index (χ4n) is 2.58. The molecule has 5 nitrogen and oxygen atoms in total. The fourth-order valence-corrected chi connectivity index (χ4v) is 3.50. The van der Waals surface area contributed by atoms with E-state index < -0.39 is 0 Å². The summed E-state index contributed by atoms with van der Waals surface area (Å²) in [5.41, 5.74) is 3.91. The number of hydrogen-bond acceptors (Lipinski definition) is 5. The van der Waals surface area contributed by atoms with Gasteiger partial charge in [-0.15, -0.1) is 10.2 Å². The second-order valence-electron chi connectivity index (χ2n) is 6.11. The average molecular weight is 367 g/mol. The molecule has 0 radical (unpaired) electrons. The van der Waals surface area contributed by atoms with Gasteiger partial charge >= 0.3 is 0 Å². The van der Waals surface area contributed by atoms with E-state index in [1.807, 2.05) is 67.8 Å². The van der Waals surface area contributed by atoms with Gasteiger partial charge in [0.05, 0.1) is 18.0 Å². The Labute approximate surface area is 157 Å². The van der Waals surface area contributed by atoms with Crippen LogP contribution in [0.5, 0.6) is 5.75 Å². The molecule has 26 heavy (non-hydrogen) atoms. The molecule has 3 aromatic rings. The van der Waals surface area contributed by atoms with Crippen molar-refractivity contribution in [3.8, 4) is 11.4 Å². The molecule has 0 saturated heterocycles. The number of aromatic nitrogens is 3. The van der Waals surface area contributed by atoms with Gasteiger partial charge < -0.3 is 4.74 Å². The summed E-state index contributed by atoms with van der Waals surface area (Å²) < 4.78 is 7.13. The molecule has 0 saturated carbocycles. The van der Waals surface area contributed by atoms with Gasteiger partial charge in [-0.05, 0) is 50.1 Å². The zero-order valence-corrected chi connectivity index (χ0v) is 16.1. The smallest absolute Gasteiger partial charge is 0.196 e. The number of aryl methyl sites for hydroxylation is 2. The highest BCUT2D eigenvalue weighted by atomic mass is 32.2. The number of Topliss-reactive ketones (excluding diaryl/α,β-unsaturated/α-hetero) is 1. The molecule has 0 amide bonds. The Hall–Kier alpha value is -2.60. The molecule has 0 N–H and O–H groups in total. The molecule has 134 valence electrons. The Morgan fingerprint density at radius 2 is 1.96 bits per heavy atom. The predicted octanol–water partition coefficient (Wildman–Crippen LogP) is 4.26. The second kappa shape index (κ2) is 7.74. The third-order valence-electron chi connectivity index (χ3n) is 4.29. The maximum Gasteiger partial charge on any atom is 0.196 e. The van der Waals surface area contributed by atoms with E-state index in [9.17, 15) is 4.79 Å². The van der Waals surface area contributed by atoms with Gasteiger partial charge in [-0.1, -0.05) is 30.0 Å². The molecule has 0 fully saturated rings. The molecule has 1 aromatic heterocycles. The number of carbonyl (C=O) groups excluding carboxylic acids is 1. The van der Waals surface area contributed by atoms with Gasteiger partial charge in [0, 0.05) is 11.6 Å². The molecule has 0 aliphatic heterocycles. The van der Waals surface area contributed by atoms with E-state index in [1.165, 1.54) is 17.3 Å². The SMILES string of the molecule is COc1cccc(-n2cnnc2SC(C)C(=O)c2ccc(C)c(C)c2)c1. The molecule has 0 aliphatic rings. The molecule has 1 unspecified atom stereocenters. The molecular formula is C20H21N3O2S. The number of benzene rings is 2. The molecule has 1 atom stereocenters. The van der Waals surface area contributed by atoms with Crippen molar-refractivity contribution in [1.82, 2.24) is 14.8 Å². The van der Waals surface area contributed by atoms with E-state index in [0.29, 0.717) is 5.16 Å². The normalized spacial score (nSPS) is 12.0. The minimum Gasteiger partial charge on any atom is -0.497 e. The standard InChI is InChI=1S/C20H21N3O2S/c1-13-8-9-16(10-14(13)2)19(24)15(3)26-20-22-21-12-23(20)17-6-5-7-18(11-17)25-4/h5-12,15H,1-4H3. The third-order valence-corrected chi connectivity index (χ3v) is 5.35. The zero-order chi connectivity index (χ0) is 18.7. The van der Waals surface area contributed by atoms with E-state index in [2.05, 4.69) is 10.2 Å². The quantitative estimate of drug-likeness (QED) is 0.481. The lowest BCUT2D eigenvalue weighted by Gasteiger charge is -2.12. The largest absolute Gasteiger partial charge is 0.497 e. The van der Waals surface area contributed by atoms with Crippen LogP contribution in [0.4, 0.5) is 0 Å². The fraction of sp³-hybridized carbons (Fsp3) is 0.250. The zero-order valence-electron chi connectivity index (χ0n) is 15.3. The summed E-state index contributed by atoms with van der Waals surface area (Å²) in [5, 5.41) is 8.58. The monoisotopic (exact) mass is 367 g/mol. The summed E-state index contributed by atoms with van der Waals surface area (Å²) in [4.78, 5) is 12.8. The Kier molecular flexibility index (Phi) is 5.42. The number of rotatable bonds is 6. The van der Waals surface area contributed by atoms with Gasteiger partial charge in [-0.3, -0.25) is 9.36 Å². The summed E-state index contributed by atoms with van der Waals surface area (Å²) in [7, 11) is 1.63. The van der Waals surface area contributed by atoms with Crippen LogP contribution in [0.25, 0.3) is 5.69 Å². The van der Waals surface area contributed by atoms with Crippen LogP contribution >= 0.6 is 11.8 Å². The molecule has 6 heteroatoms. The summed E-state index contributed by atoms with van der Waals surface area (Å²) in [6.45, 7) is 5.95. The Morgan fingerprint density at radius 3 is 2.69 bits per heavy atom. The van der Waals surface area contributed by atoms with Gasteiger partial charge in [-0.2, -0.15) is 0 Å². The number of nitrogens with zero attached hydrogens (tertiary/aromatic N) is 3. The van der Waals surface area contributed by atoms with Crippen molar-refractivity contribution >= 4 is 17.5 Å². The number of methoxy groups -OCH3 is 1.